The van der Waals surface area contributed by atoms with Crippen molar-refractivity contribution in [1.29, 1.82) is 0 Å². The minimum Gasteiger partial charge on any atom is -0.350 e. The van der Waals surface area contributed by atoms with Gasteiger partial charge < -0.3 is 5.32 Å². The molecular formula is C14H12Cl2N2O. The molecule has 0 aliphatic rings. The molecule has 1 N–H and O–H groups in total. The van der Waals surface area contributed by atoms with E-state index in [9.17, 15) is 4.79 Å². The van der Waals surface area contributed by atoms with Crippen molar-refractivity contribution in [3.8, 4) is 0 Å². The largest absolute Gasteiger partial charge is 0.350 e. The molecule has 3 nitrogen and oxygen atoms in total. The first-order chi connectivity index (χ1) is 9.16. The van der Waals surface area contributed by atoms with Gasteiger partial charge >= 0.3 is 0 Å². The van der Waals surface area contributed by atoms with Crippen LogP contribution in [0.4, 0.5) is 0 Å². The van der Waals surface area contributed by atoms with Crippen molar-refractivity contribution in [1.82, 2.24) is 10.3 Å². The van der Waals surface area contributed by atoms with Gasteiger partial charge in [-0.15, -0.1) is 0 Å². The maximum atomic E-state index is 11.9. The molecule has 0 aliphatic carbocycles. The van der Waals surface area contributed by atoms with Gasteiger partial charge in [-0.3, -0.25) is 4.79 Å². The summed E-state index contributed by atoms with van der Waals surface area (Å²) in [6, 6.07) is 13.0. The van der Waals surface area contributed by atoms with E-state index < -0.39 is 0 Å². The van der Waals surface area contributed by atoms with E-state index in [4.69, 9.17) is 23.2 Å². The Balaban J connectivity index is 1.93. The number of rotatable bonds is 4. The van der Waals surface area contributed by atoms with E-state index in [0.717, 1.165) is 12.0 Å². The van der Waals surface area contributed by atoms with Crippen molar-refractivity contribution < 1.29 is 4.79 Å². The van der Waals surface area contributed by atoms with Crippen molar-refractivity contribution in [3.63, 3.8) is 0 Å². The number of amides is 1. The summed E-state index contributed by atoms with van der Waals surface area (Å²) in [6.07, 6.45) is 0.755. The lowest BCUT2D eigenvalue weighted by Crippen LogP contribution is -2.26. The number of nitrogens with one attached hydrogen (secondary N) is 1. The van der Waals surface area contributed by atoms with E-state index in [1.807, 2.05) is 30.3 Å². The normalized spacial score (nSPS) is 10.2. The second-order valence-electron chi connectivity index (χ2n) is 3.96. The van der Waals surface area contributed by atoms with Crippen LogP contribution in [0.2, 0.25) is 10.2 Å². The van der Waals surface area contributed by atoms with Gasteiger partial charge in [-0.05, 0) is 24.1 Å². The van der Waals surface area contributed by atoms with Crippen LogP contribution in [-0.2, 0) is 6.42 Å². The standard InChI is InChI=1S/C14H12Cl2N2O/c15-11-6-7-12(16)18-13(11)14(19)17-9-8-10-4-2-1-3-5-10/h1-7H,8-9H2,(H,17,19). The zero-order valence-electron chi connectivity index (χ0n) is 10.1. The SMILES string of the molecule is O=C(NCCc1ccccc1)c1nc(Cl)ccc1Cl. The maximum Gasteiger partial charge on any atom is 0.271 e. The highest BCUT2D eigenvalue weighted by atomic mass is 35.5. The summed E-state index contributed by atoms with van der Waals surface area (Å²) >= 11 is 11.6. The first-order valence-corrected chi connectivity index (χ1v) is 6.56. The van der Waals surface area contributed by atoms with E-state index in [-0.39, 0.29) is 16.8 Å². The molecule has 98 valence electrons. The predicted octanol–water partition coefficient (Wildman–Crippen LogP) is 3.36. The Bertz CT molecular complexity index is 573. The fourth-order valence-corrected chi connectivity index (χ4v) is 1.96. The second kappa shape index (κ2) is 6.55. The Morgan fingerprint density at radius 2 is 1.84 bits per heavy atom. The summed E-state index contributed by atoms with van der Waals surface area (Å²) in [5, 5.41) is 3.31. The molecule has 5 heteroatoms. The van der Waals surface area contributed by atoms with Crippen LogP contribution >= 0.6 is 23.2 Å². The molecule has 1 aromatic heterocycles. The fraction of sp³-hybridized carbons (Fsp3) is 0.143. The Morgan fingerprint density at radius 3 is 2.58 bits per heavy atom. The third-order valence-electron chi connectivity index (χ3n) is 2.57. The van der Waals surface area contributed by atoms with Gasteiger partial charge in [0.2, 0.25) is 0 Å². The van der Waals surface area contributed by atoms with Crippen LogP contribution in [0, 0.1) is 0 Å². The second-order valence-corrected chi connectivity index (χ2v) is 4.75. The van der Waals surface area contributed by atoms with Gasteiger partial charge in [0, 0.05) is 6.54 Å². The van der Waals surface area contributed by atoms with Gasteiger partial charge in [0.15, 0.2) is 0 Å². The van der Waals surface area contributed by atoms with Crippen LogP contribution < -0.4 is 5.32 Å². The van der Waals surface area contributed by atoms with Crippen molar-refractivity contribution in [2.24, 2.45) is 0 Å². The number of hydrogen-bond donors (Lipinski definition) is 1. The van der Waals surface area contributed by atoms with E-state index in [1.54, 1.807) is 12.1 Å². The highest BCUT2D eigenvalue weighted by Gasteiger charge is 2.12. The van der Waals surface area contributed by atoms with Crippen LogP contribution in [0.25, 0.3) is 0 Å². The molecule has 19 heavy (non-hydrogen) atoms. The number of halogens is 2. The Morgan fingerprint density at radius 1 is 1.11 bits per heavy atom. The molecule has 0 aliphatic heterocycles. The summed E-state index contributed by atoms with van der Waals surface area (Å²) in [5.41, 5.74) is 1.31. The molecular weight excluding hydrogens is 283 g/mol. The quantitative estimate of drug-likeness (QED) is 0.879. The predicted molar refractivity (Wildman–Crippen MR) is 76.7 cm³/mol. The highest BCUT2D eigenvalue weighted by Crippen LogP contribution is 2.16. The number of nitrogens with zero attached hydrogens (tertiary/aromatic N) is 1. The third kappa shape index (κ3) is 3.94. The average Bonchev–Trinajstić information content (AvgIpc) is 2.42. The van der Waals surface area contributed by atoms with Gasteiger partial charge in [0.25, 0.3) is 5.91 Å². The summed E-state index contributed by atoms with van der Waals surface area (Å²) < 4.78 is 0. The van der Waals surface area contributed by atoms with Crippen molar-refractivity contribution >= 4 is 29.1 Å². The third-order valence-corrected chi connectivity index (χ3v) is 3.08. The monoisotopic (exact) mass is 294 g/mol. The summed E-state index contributed by atoms with van der Waals surface area (Å²) in [4.78, 5) is 15.8. The molecule has 0 spiro atoms. The Kier molecular flexibility index (Phi) is 4.77. The maximum absolute atomic E-state index is 11.9. The summed E-state index contributed by atoms with van der Waals surface area (Å²) in [6.45, 7) is 0.521. The lowest BCUT2D eigenvalue weighted by molar-refractivity contribution is 0.0949. The van der Waals surface area contributed by atoms with Crippen LogP contribution in [0.5, 0.6) is 0 Å². The molecule has 0 fully saturated rings. The molecule has 0 bridgehead atoms. The first-order valence-electron chi connectivity index (χ1n) is 5.81. The number of carbonyl (C=O) groups excluding carboxylic acids is 1. The highest BCUT2D eigenvalue weighted by molar-refractivity contribution is 6.34. The van der Waals surface area contributed by atoms with Gasteiger partial charge in [-0.25, -0.2) is 4.98 Å². The van der Waals surface area contributed by atoms with E-state index in [1.165, 1.54) is 0 Å². The van der Waals surface area contributed by atoms with Crippen LogP contribution in [0.15, 0.2) is 42.5 Å². The zero-order chi connectivity index (χ0) is 13.7. The van der Waals surface area contributed by atoms with Gasteiger partial charge in [-0.1, -0.05) is 53.5 Å². The molecule has 0 saturated heterocycles. The average molecular weight is 295 g/mol. The van der Waals surface area contributed by atoms with Gasteiger partial charge in [0.05, 0.1) is 5.02 Å². The molecule has 0 atom stereocenters. The molecule has 1 amide bonds. The Hall–Kier alpha value is -1.58. The van der Waals surface area contributed by atoms with E-state index in [2.05, 4.69) is 10.3 Å². The van der Waals surface area contributed by atoms with E-state index >= 15 is 0 Å². The zero-order valence-corrected chi connectivity index (χ0v) is 11.6. The fourth-order valence-electron chi connectivity index (χ4n) is 1.63. The van der Waals surface area contributed by atoms with Crippen LogP contribution in [0.3, 0.4) is 0 Å². The number of aromatic nitrogens is 1. The van der Waals surface area contributed by atoms with Gasteiger partial charge in [0.1, 0.15) is 10.8 Å². The molecule has 2 rings (SSSR count). The molecule has 1 heterocycles. The smallest absolute Gasteiger partial charge is 0.271 e. The summed E-state index contributed by atoms with van der Waals surface area (Å²) in [5.74, 6) is -0.316. The summed E-state index contributed by atoms with van der Waals surface area (Å²) in [7, 11) is 0. The lowest BCUT2D eigenvalue weighted by atomic mass is 10.1. The number of carbonyl (C=O) groups is 1. The van der Waals surface area contributed by atoms with E-state index in [0.29, 0.717) is 11.6 Å². The minimum absolute atomic E-state index is 0.155. The topological polar surface area (TPSA) is 42.0 Å². The lowest BCUT2D eigenvalue weighted by Gasteiger charge is -2.06. The molecule has 2 aromatic rings. The number of benzene rings is 1. The Labute approximate surface area is 121 Å². The number of hydrogen-bond acceptors (Lipinski definition) is 2. The first kappa shape index (κ1) is 13.8. The minimum atomic E-state index is -0.316. The molecule has 0 radical (unpaired) electrons. The molecule has 1 aromatic carbocycles. The number of pyridine rings is 1. The van der Waals surface area contributed by atoms with Gasteiger partial charge in [-0.2, -0.15) is 0 Å². The van der Waals surface area contributed by atoms with Crippen molar-refractivity contribution in [2.45, 2.75) is 6.42 Å². The van der Waals surface area contributed by atoms with Crippen LogP contribution in [0.1, 0.15) is 16.1 Å². The van der Waals surface area contributed by atoms with Crippen LogP contribution in [-0.4, -0.2) is 17.4 Å². The van der Waals surface area contributed by atoms with Crippen molar-refractivity contribution in [3.05, 3.63) is 63.9 Å². The molecule has 0 saturated carbocycles. The molecule has 0 unspecified atom stereocenters. The van der Waals surface area contributed by atoms with Crippen molar-refractivity contribution in [2.75, 3.05) is 6.54 Å².